The van der Waals surface area contributed by atoms with E-state index in [0.29, 0.717) is 11.6 Å². The number of hydrogen-bond donors (Lipinski definition) is 0. The van der Waals surface area contributed by atoms with Crippen LogP contribution in [0.2, 0.25) is 0 Å². The molecule has 0 amide bonds. The van der Waals surface area contributed by atoms with Gasteiger partial charge in [0, 0.05) is 11.1 Å². The molecule has 2 rings (SSSR count). The molecular formula is C10H7ClFNO. The van der Waals surface area contributed by atoms with E-state index in [1.165, 1.54) is 12.1 Å². The minimum absolute atomic E-state index is 0.277. The Morgan fingerprint density at radius 3 is 2.64 bits per heavy atom. The zero-order valence-electron chi connectivity index (χ0n) is 7.21. The van der Waals surface area contributed by atoms with Crippen molar-refractivity contribution in [2.24, 2.45) is 0 Å². The molecule has 0 saturated carbocycles. The second-order valence-electron chi connectivity index (χ2n) is 2.82. The zero-order valence-corrected chi connectivity index (χ0v) is 7.96. The molecule has 1 heterocycles. The number of halogens is 2. The average Bonchev–Trinajstić information content (AvgIpc) is 2.67. The van der Waals surface area contributed by atoms with Gasteiger partial charge in [0.15, 0.2) is 5.76 Å². The number of hydrogen-bond acceptors (Lipinski definition) is 2. The summed E-state index contributed by atoms with van der Waals surface area (Å²) in [4.78, 5) is 0. The maximum absolute atomic E-state index is 12.6. The molecule has 0 N–H and O–H groups in total. The molecule has 1 aromatic heterocycles. The summed E-state index contributed by atoms with van der Waals surface area (Å²) >= 11 is 5.68. The smallest absolute Gasteiger partial charge is 0.171 e. The number of rotatable bonds is 2. The fourth-order valence-corrected chi connectivity index (χ4v) is 1.38. The molecule has 2 aromatic rings. The molecule has 0 unspecified atom stereocenters. The summed E-state index contributed by atoms with van der Waals surface area (Å²) in [6.07, 6.45) is 1.56. The third-order valence-corrected chi connectivity index (χ3v) is 2.18. The van der Waals surface area contributed by atoms with Crippen LogP contribution < -0.4 is 0 Å². The lowest BCUT2D eigenvalue weighted by molar-refractivity contribution is 0.432. The van der Waals surface area contributed by atoms with E-state index < -0.39 is 0 Å². The zero-order chi connectivity index (χ0) is 9.97. The van der Waals surface area contributed by atoms with Gasteiger partial charge >= 0.3 is 0 Å². The summed E-state index contributed by atoms with van der Waals surface area (Å²) in [6.45, 7) is 0. The fourth-order valence-electron chi connectivity index (χ4n) is 1.19. The van der Waals surface area contributed by atoms with Crippen molar-refractivity contribution >= 4 is 11.6 Å². The molecule has 2 nitrogen and oxygen atoms in total. The van der Waals surface area contributed by atoms with Crippen LogP contribution in [0.5, 0.6) is 0 Å². The van der Waals surface area contributed by atoms with Gasteiger partial charge in [-0.2, -0.15) is 0 Å². The molecule has 0 radical (unpaired) electrons. The van der Waals surface area contributed by atoms with Crippen molar-refractivity contribution in [1.29, 1.82) is 0 Å². The van der Waals surface area contributed by atoms with Crippen molar-refractivity contribution in [2.75, 3.05) is 0 Å². The van der Waals surface area contributed by atoms with E-state index in [1.54, 1.807) is 18.3 Å². The Balaban J connectivity index is 2.44. The van der Waals surface area contributed by atoms with Gasteiger partial charge < -0.3 is 4.52 Å². The van der Waals surface area contributed by atoms with Crippen LogP contribution in [0, 0.1) is 5.82 Å². The van der Waals surface area contributed by atoms with Crippen LogP contribution in [0.25, 0.3) is 11.3 Å². The van der Waals surface area contributed by atoms with Gasteiger partial charge in [-0.25, -0.2) is 4.39 Å². The molecule has 0 spiro atoms. The second kappa shape index (κ2) is 3.80. The Bertz CT molecular complexity index is 424. The van der Waals surface area contributed by atoms with E-state index in [-0.39, 0.29) is 5.82 Å². The van der Waals surface area contributed by atoms with E-state index in [2.05, 4.69) is 5.16 Å². The van der Waals surface area contributed by atoms with Gasteiger partial charge in [-0.05, 0) is 24.3 Å². The van der Waals surface area contributed by atoms with Crippen LogP contribution in [0.4, 0.5) is 4.39 Å². The molecule has 0 aliphatic carbocycles. The summed E-state index contributed by atoms with van der Waals surface area (Å²) in [6, 6.07) is 6.00. The van der Waals surface area contributed by atoms with Crippen molar-refractivity contribution in [3.8, 4) is 11.3 Å². The molecule has 0 bridgehead atoms. The summed E-state index contributed by atoms with van der Waals surface area (Å²) < 4.78 is 17.7. The molecule has 0 atom stereocenters. The average molecular weight is 212 g/mol. The Morgan fingerprint density at radius 2 is 2.00 bits per heavy atom. The quantitative estimate of drug-likeness (QED) is 0.713. The monoisotopic (exact) mass is 211 g/mol. The van der Waals surface area contributed by atoms with Crippen molar-refractivity contribution in [3.63, 3.8) is 0 Å². The van der Waals surface area contributed by atoms with Crippen LogP contribution in [-0.2, 0) is 5.88 Å². The first-order valence-electron chi connectivity index (χ1n) is 4.06. The second-order valence-corrected chi connectivity index (χ2v) is 3.09. The van der Waals surface area contributed by atoms with Gasteiger partial charge in [0.05, 0.1) is 12.1 Å². The lowest BCUT2D eigenvalue weighted by atomic mass is 10.1. The van der Waals surface area contributed by atoms with E-state index in [0.717, 1.165) is 11.1 Å². The lowest BCUT2D eigenvalue weighted by Crippen LogP contribution is -1.80. The Labute approximate surface area is 85.3 Å². The van der Waals surface area contributed by atoms with Crippen LogP contribution in [0.3, 0.4) is 0 Å². The highest BCUT2D eigenvalue weighted by Crippen LogP contribution is 2.24. The minimum atomic E-state index is -0.277. The molecule has 0 saturated heterocycles. The predicted octanol–water partition coefficient (Wildman–Crippen LogP) is 3.22. The molecule has 14 heavy (non-hydrogen) atoms. The van der Waals surface area contributed by atoms with Gasteiger partial charge in [-0.3, -0.25) is 0 Å². The molecule has 72 valence electrons. The number of nitrogens with zero attached hydrogens (tertiary/aromatic N) is 1. The number of alkyl halides is 1. The standard InChI is InChI=1S/C10H7ClFNO/c11-5-8-6-13-14-10(8)7-1-3-9(12)4-2-7/h1-4,6H,5H2. The van der Waals surface area contributed by atoms with Gasteiger partial charge in [0.2, 0.25) is 0 Å². The van der Waals surface area contributed by atoms with E-state index in [9.17, 15) is 4.39 Å². The Morgan fingerprint density at radius 1 is 1.29 bits per heavy atom. The topological polar surface area (TPSA) is 26.0 Å². The summed E-state index contributed by atoms with van der Waals surface area (Å²) in [5.41, 5.74) is 1.58. The van der Waals surface area contributed by atoms with Crippen LogP contribution >= 0.6 is 11.6 Å². The summed E-state index contributed by atoms with van der Waals surface area (Å²) in [7, 11) is 0. The molecule has 4 heteroatoms. The van der Waals surface area contributed by atoms with Crippen molar-refractivity contribution in [3.05, 3.63) is 41.8 Å². The summed E-state index contributed by atoms with van der Waals surface area (Å²) in [5, 5.41) is 3.64. The van der Waals surface area contributed by atoms with E-state index in [4.69, 9.17) is 16.1 Å². The van der Waals surface area contributed by atoms with Crippen LogP contribution in [0.1, 0.15) is 5.56 Å². The van der Waals surface area contributed by atoms with Gasteiger partial charge in [0.25, 0.3) is 0 Å². The highest BCUT2D eigenvalue weighted by molar-refractivity contribution is 6.17. The molecule has 0 aliphatic heterocycles. The lowest BCUT2D eigenvalue weighted by Gasteiger charge is -1.97. The number of benzene rings is 1. The summed E-state index contributed by atoms with van der Waals surface area (Å²) in [5.74, 6) is 0.650. The van der Waals surface area contributed by atoms with E-state index >= 15 is 0 Å². The normalized spacial score (nSPS) is 10.4. The third kappa shape index (κ3) is 1.63. The third-order valence-electron chi connectivity index (χ3n) is 1.89. The van der Waals surface area contributed by atoms with E-state index in [1.807, 2.05) is 0 Å². The molecule has 0 fully saturated rings. The van der Waals surface area contributed by atoms with Crippen molar-refractivity contribution < 1.29 is 8.91 Å². The molecule has 0 aliphatic rings. The molecule has 1 aromatic carbocycles. The Hall–Kier alpha value is -1.35. The first-order chi connectivity index (χ1) is 6.81. The fraction of sp³-hybridized carbons (Fsp3) is 0.100. The highest BCUT2D eigenvalue weighted by Gasteiger charge is 2.09. The maximum atomic E-state index is 12.6. The largest absolute Gasteiger partial charge is 0.356 e. The maximum Gasteiger partial charge on any atom is 0.171 e. The first-order valence-corrected chi connectivity index (χ1v) is 4.60. The SMILES string of the molecule is Fc1ccc(-c2oncc2CCl)cc1. The van der Waals surface area contributed by atoms with Crippen LogP contribution in [0.15, 0.2) is 35.0 Å². The minimum Gasteiger partial charge on any atom is -0.356 e. The molecular weight excluding hydrogens is 205 g/mol. The van der Waals surface area contributed by atoms with Crippen LogP contribution in [-0.4, -0.2) is 5.16 Å². The van der Waals surface area contributed by atoms with Crippen molar-refractivity contribution in [1.82, 2.24) is 5.16 Å². The number of aromatic nitrogens is 1. The predicted molar refractivity (Wildman–Crippen MR) is 51.5 cm³/mol. The van der Waals surface area contributed by atoms with Gasteiger partial charge in [-0.1, -0.05) is 5.16 Å². The van der Waals surface area contributed by atoms with Gasteiger partial charge in [-0.15, -0.1) is 11.6 Å². The van der Waals surface area contributed by atoms with Gasteiger partial charge in [0.1, 0.15) is 5.82 Å². The first kappa shape index (κ1) is 9.21. The Kier molecular flexibility index (Phi) is 2.50. The van der Waals surface area contributed by atoms with Crippen molar-refractivity contribution in [2.45, 2.75) is 5.88 Å². The highest BCUT2D eigenvalue weighted by atomic mass is 35.5.